The summed E-state index contributed by atoms with van der Waals surface area (Å²) in [5.74, 6) is -0.887. The second-order valence-corrected chi connectivity index (χ2v) is 3.42. The molecule has 0 aromatic carbocycles. The van der Waals surface area contributed by atoms with Crippen LogP contribution in [0.3, 0.4) is 0 Å². The third-order valence-electron chi connectivity index (χ3n) is 2.09. The second kappa shape index (κ2) is 2.77. The Morgan fingerprint density at radius 3 is 2.82 bits per heavy atom. The summed E-state index contributed by atoms with van der Waals surface area (Å²) < 4.78 is 12.3. The van der Waals surface area contributed by atoms with Crippen LogP contribution in [0.4, 0.5) is 4.39 Å². The van der Waals surface area contributed by atoms with Crippen molar-refractivity contribution in [1.29, 1.82) is 0 Å². The highest BCUT2D eigenvalue weighted by Gasteiger charge is 2.38. The maximum Gasteiger partial charge on any atom is 0.320 e. The number of carbonyl (C=O) groups is 1. The minimum absolute atomic E-state index is 0.388. The quantitative estimate of drug-likeness (QED) is 0.616. The first-order chi connectivity index (χ1) is 5.07. The van der Waals surface area contributed by atoms with Crippen molar-refractivity contribution in [2.75, 3.05) is 13.2 Å². The van der Waals surface area contributed by atoms with Crippen molar-refractivity contribution < 1.29 is 14.3 Å². The normalized spacial score (nSPS) is 37.5. The van der Waals surface area contributed by atoms with Crippen molar-refractivity contribution in [3.8, 4) is 0 Å². The first kappa shape index (κ1) is 8.46. The van der Waals surface area contributed by atoms with Crippen LogP contribution in [0.1, 0.15) is 13.3 Å². The molecule has 0 amide bonds. The van der Waals surface area contributed by atoms with E-state index in [0.717, 1.165) is 0 Å². The molecule has 64 valence electrons. The fourth-order valence-electron chi connectivity index (χ4n) is 1.28. The molecular weight excluding hydrogens is 149 g/mol. The van der Waals surface area contributed by atoms with Crippen LogP contribution in [-0.4, -0.2) is 30.3 Å². The third kappa shape index (κ3) is 1.68. The second-order valence-electron chi connectivity index (χ2n) is 3.42. The molecule has 1 unspecified atom stereocenters. The maximum absolute atomic E-state index is 12.3. The molecule has 4 heteroatoms. The largest absolute Gasteiger partial charge is 0.480 e. The monoisotopic (exact) mass is 161 g/mol. The molecule has 1 saturated heterocycles. The van der Waals surface area contributed by atoms with Gasteiger partial charge in [0, 0.05) is 12.0 Å². The van der Waals surface area contributed by atoms with Crippen LogP contribution in [-0.2, 0) is 4.79 Å². The van der Waals surface area contributed by atoms with E-state index in [1.807, 2.05) is 0 Å². The molecule has 1 aliphatic heterocycles. The lowest BCUT2D eigenvalue weighted by Crippen LogP contribution is -2.30. The molecule has 0 radical (unpaired) electrons. The minimum Gasteiger partial charge on any atom is -0.480 e. The highest BCUT2D eigenvalue weighted by molar-refractivity contribution is 5.74. The number of hydrogen-bond donors (Lipinski definition) is 2. The SMILES string of the molecule is C[C@@]1(CF)CNC(C(=O)O)C1. The summed E-state index contributed by atoms with van der Waals surface area (Å²) in [6.45, 7) is 1.76. The van der Waals surface area contributed by atoms with Gasteiger partial charge in [-0.15, -0.1) is 0 Å². The molecule has 0 bridgehead atoms. The number of alkyl halides is 1. The number of carboxylic acid groups (broad SMARTS) is 1. The van der Waals surface area contributed by atoms with E-state index in [-0.39, 0.29) is 0 Å². The summed E-state index contributed by atoms with van der Waals surface area (Å²) in [7, 11) is 0. The van der Waals surface area contributed by atoms with Crippen molar-refractivity contribution in [2.45, 2.75) is 19.4 Å². The van der Waals surface area contributed by atoms with E-state index in [1.165, 1.54) is 0 Å². The summed E-state index contributed by atoms with van der Waals surface area (Å²) in [5, 5.41) is 11.3. The van der Waals surface area contributed by atoms with Crippen molar-refractivity contribution in [3.63, 3.8) is 0 Å². The lowest BCUT2D eigenvalue weighted by atomic mass is 9.90. The number of carboxylic acids is 1. The average molecular weight is 161 g/mol. The van der Waals surface area contributed by atoms with Gasteiger partial charge in [-0.3, -0.25) is 9.18 Å². The van der Waals surface area contributed by atoms with Crippen molar-refractivity contribution in [2.24, 2.45) is 5.41 Å². The van der Waals surface area contributed by atoms with Gasteiger partial charge in [0.15, 0.2) is 0 Å². The zero-order valence-electron chi connectivity index (χ0n) is 6.43. The fourth-order valence-corrected chi connectivity index (χ4v) is 1.28. The molecular formula is C7H12FNO2. The number of aliphatic carboxylic acids is 1. The van der Waals surface area contributed by atoms with Crippen LogP contribution in [0.5, 0.6) is 0 Å². The Labute approximate surface area is 64.6 Å². The van der Waals surface area contributed by atoms with Gasteiger partial charge in [0.05, 0.1) is 6.67 Å². The van der Waals surface area contributed by atoms with Crippen LogP contribution in [0, 0.1) is 5.41 Å². The van der Waals surface area contributed by atoms with Gasteiger partial charge in [0.1, 0.15) is 6.04 Å². The molecule has 2 atom stereocenters. The lowest BCUT2D eigenvalue weighted by molar-refractivity contribution is -0.139. The van der Waals surface area contributed by atoms with E-state index in [2.05, 4.69) is 5.32 Å². The Balaban J connectivity index is 2.53. The molecule has 1 fully saturated rings. The van der Waals surface area contributed by atoms with E-state index in [0.29, 0.717) is 13.0 Å². The van der Waals surface area contributed by atoms with Crippen molar-refractivity contribution in [3.05, 3.63) is 0 Å². The standard InChI is InChI=1S/C7H12FNO2/c1-7(3-8)2-5(6(10)11)9-4-7/h5,9H,2-4H2,1H3,(H,10,11)/t5?,7-/m1/s1. The third-order valence-corrected chi connectivity index (χ3v) is 2.09. The summed E-state index contributed by atoms with van der Waals surface area (Å²) in [4.78, 5) is 10.4. The molecule has 0 aromatic heterocycles. The van der Waals surface area contributed by atoms with Gasteiger partial charge in [-0.05, 0) is 6.42 Å². The molecule has 3 nitrogen and oxygen atoms in total. The molecule has 1 rings (SSSR count). The van der Waals surface area contributed by atoms with Crippen LogP contribution in [0.2, 0.25) is 0 Å². The maximum atomic E-state index is 12.3. The molecule has 0 aliphatic carbocycles. The van der Waals surface area contributed by atoms with Crippen LogP contribution in [0.15, 0.2) is 0 Å². The first-order valence-corrected chi connectivity index (χ1v) is 3.59. The van der Waals surface area contributed by atoms with Crippen LogP contribution in [0.25, 0.3) is 0 Å². The molecule has 1 heterocycles. The Kier molecular flexibility index (Phi) is 2.13. The van der Waals surface area contributed by atoms with Gasteiger partial charge >= 0.3 is 5.97 Å². The Bertz CT molecular complexity index is 174. The van der Waals surface area contributed by atoms with Gasteiger partial charge in [-0.1, -0.05) is 6.92 Å². The van der Waals surface area contributed by atoms with E-state index in [4.69, 9.17) is 5.11 Å². The molecule has 11 heavy (non-hydrogen) atoms. The van der Waals surface area contributed by atoms with E-state index < -0.39 is 24.1 Å². The number of halogens is 1. The summed E-state index contributed by atoms with van der Waals surface area (Å²) in [6, 6.07) is -0.559. The van der Waals surface area contributed by atoms with Gasteiger partial charge in [0.2, 0.25) is 0 Å². The summed E-state index contributed by atoms with van der Waals surface area (Å²) in [5.41, 5.74) is -0.469. The molecule has 0 saturated carbocycles. The smallest absolute Gasteiger partial charge is 0.320 e. The number of nitrogens with one attached hydrogen (secondary N) is 1. The average Bonchev–Trinajstić information content (AvgIpc) is 2.33. The number of hydrogen-bond acceptors (Lipinski definition) is 2. The zero-order valence-corrected chi connectivity index (χ0v) is 6.43. The van der Waals surface area contributed by atoms with Crippen molar-refractivity contribution >= 4 is 5.97 Å². The predicted octanol–water partition coefficient (Wildman–Crippen LogP) is 0.409. The number of rotatable bonds is 2. The van der Waals surface area contributed by atoms with E-state index in [9.17, 15) is 9.18 Å². The molecule has 0 spiro atoms. The molecule has 2 N–H and O–H groups in total. The highest BCUT2D eigenvalue weighted by atomic mass is 19.1. The van der Waals surface area contributed by atoms with Crippen LogP contribution >= 0.6 is 0 Å². The van der Waals surface area contributed by atoms with Gasteiger partial charge in [0.25, 0.3) is 0 Å². The first-order valence-electron chi connectivity index (χ1n) is 3.59. The van der Waals surface area contributed by atoms with Crippen molar-refractivity contribution in [1.82, 2.24) is 5.32 Å². The predicted molar refractivity (Wildman–Crippen MR) is 38.1 cm³/mol. The minimum atomic E-state index is -0.887. The summed E-state index contributed by atoms with van der Waals surface area (Å²) >= 11 is 0. The Morgan fingerprint density at radius 1 is 1.91 bits per heavy atom. The van der Waals surface area contributed by atoms with Gasteiger partial charge < -0.3 is 10.4 Å². The van der Waals surface area contributed by atoms with Crippen LogP contribution < -0.4 is 5.32 Å². The molecule has 0 aromatic rings. The lowest BCUT2D eigenvalue weighted by Gasteiger charge is -2.16. The Hall–Kier alpha value is -0.640. The zero-order chi connectivity index (χ0) is 8.48. The van der Waals surface area contributed by atoms with E-state index in [1.54, 1.807) is 6.92 Å². The highest BCUT2D eigenvalue weighted by Crippen LogP contribution is 2.28. The topological polar surface area (TPSA) is 49.3 Å². The molecule has 1 aliphatic rings. The summed E-state index contributed by atoms with van der Waals surface area (Å²) in [6.07, 6.45) is 0.388. The Morgan fingerprint density at radius 2 is 2.55 bits per heavy atom. The van der Waals surface area contributed by atoms with Gasteiger partial charge in [-0.2, -0.15) is 0 Å². The van der Waals surface area contributed by atoms with E-state index >= 15 is 0 Å². The fraction of sp³-hybridized carbons (Fsp3) is 0.857. The van der Waals surface area contributed by atoms with Gasteiger partial charge in [-0.25, -0.2) is 0 Å².